The first kappa shape index (κ1) is 17.0. The average molecular weight is 381 g/mol. The molecule has 0 unspecified atom stereocenters. The topological polar surface area (TPSA) is 45.6 Å². The molecule has 19 heavy (non-hydrogen) atoms. The van der Waals surface area contributed by atoms with E-state index >= 15 is 0 Å². The summed E-state index contributed by atoms with van der Waals surface area (Å²) in [6.07, 6.45) is 8.57. The Labute approximate surface area is 134 Å². The number of halogens is 1. The number of aliphatic imine (C=N–C) groups is 1. The zero-order chi connectivity index (χ0) is 12.7. The third kappa shape index (κ3) is 5.45. The molecule has 112 valence electrons. The largest absolute Gasteiger partial charge is 0.373 e. The summed E-state index contributed by atoms with van der Waals surface area (Å²) in [5, 5.41) is 6.77. The van der Waals surface area contributed by atoms with E-state index in [1.807, 2.05) is 0 Å². The highest BCUT2D eigenvalue weighted by molar-refractivity contribution is 14.0. The van der Waals surface area contributed by atoms with Crippen molar-refractivity contribution in [1.29, 1.82) is 0 Å². The lowest BCUT2D eigenvalue weighted by Gasteiger charge is -2.38. The summed E-state index contributed by atoms with van der Waals surface area (Å²) >= 11 is 0. The third-order valence-electron chi connectivity index (χ3n) is 3.85. The summed E-state index contributed by atoms with van der Waals surface area (Å²) in [5.41, 5.74) is 0.0515. The Balaban J connectivity index is 0.00000180. The van der Waals surface area contributed by atoms with Crippen molar-refractivity contribution >= 4 is 29.9 Å². The van der Waals surface area contributed by atoms with Gasteiger partial charge in [-0.3, -0.25) is 4.99 Å². The van der Waals surface area contributed by atoms with Gasteiger partial charge in [-0.1, -0.05) is 26.2 Å². The first-order valence-electron chi connectivity index (χ1n) is 7.51. The molecule has 0 amide bonds. The molecule has 0 bridgehead atoms. The lowest BCUT2D eigenvalue weighted by molar-refractivity contribution is -0.0657. The van der Waals surface area contributed by atoms with Crippen LogP contribution in [0, 0.1) is 0 Å². The summed E-state index contributed by atoms with van der Waals surface area (Å²) in [7, 11) is 0. The molecule has 1 aliphatic carbocycles. The zero-order valence-corrected chi connectivity index (χ0v) is 14.4. The summed E-state index contributed by atoms with van der Waals surface area (Å²) in [6.45, 7) is 5.93. The second kappa shape index (κ2) is 9.00. The minimum absolute atomic E-state index is 0. The van der Waals surface area contributed by atoms with E-state index < -0.39 is 0 Å². The Kier molecular flexibility index (Phi) is 8.06. The van der Waals surface area contributed by atoms with E-state index in [0.717, 1.165) is 45.0 Å². The van der Waals surface area contributed by atoms with Crippen LogP contribution in [0.15, 0.2) is 4.99 Å². The molecule has 0 aromatic rings. The van der Waals surface area contributed by atoms with E-state index in [1.165, 1.54) is 32.1 Å². The van der Waals surface area contributed by atoms with E-state index in [9.17, 15) is 0 Å². The summed E-state index contributed by atoms with van der Waals surface area (Å²) in [5.74, 6) is 0.964. The van der Waals surface area contributed by atoms with Crippen LogP contribution < -0.4 is 10.6 Å². The second-order valence-corrected chi connectivity index (χ2v) is 5.46. The van der Waals surface area contributed by atoms with Crippen LogP contribution in [0.1, 0.15) is 51.9 Å². The SMILES string of the molecule is CCCOC1(CNC2=NCCCN2)CCCCC1.I. The summed E-state index contributed by atoms with van der Waals surface area (Å²) in [4.78, 5) is 4.46. The van der Waals surface area contributed by atoms with Crippen molar-refractivity contribution in [3.05, 3.63) is 0 Å². The average Bonchev–Trinajstić information content (AvgIpc) is 2.45. The lowest BCUT2D eigenvalue weighted by atomic mass is 9.84. The van der Waals surface area contributed by atoms with Crippen LogP contribution in [-0.2, 0) is 4.74 Å². The lowest BCUT2D eigenvalue weighted by Crippen LogP contribution is -2.50. The van der Waals surface area contributed by atoms with Crippen molar-refractivity contribution in [2.24, 2.45) is 4.99 Å². The highest BCUT2D eigenvalue weighted by Gasteiger charge is 2.32. The Hall–Kier alpha value is -0.0400. The maximum atomic E-state index is 6.17. The molecule has 1 fully saturated rings. The van der Waals surface area contributed by atoms with Gasteiger partial charge in [0.15, 0.2) is 5.96 Å². The van der Waals surface area contributed by atoms with Crippen LogP contribution in [0.25, 0.3) is 0 Å². The Bertz CT molecular complexity index is 278. The van der Waals surface area contributed by atoms with Gasteiger partial charge in [-0.15, -0.1) is 24.0 Å². The van der Waals surface area contributed by atoms with E-state index in [1.54, 1.807) is 0 Å². The van der Waals surface area contributed by atoms with Gasteiger partial charge in [0.25, 0.3) is 0 Å². The Morgan fingerprint density at radius 2 is 2.05 bits per heavy atom. The molecule has 0 aromatic heterocycles. The number of rotatable bonds is 5. The molecular formula is C14H28IN3O. The van der Waals surface area contributed by atoms with E-state index in [4.69, 9.17) is 4.74 Å². The normalized spacial score (nSPS) is 21.8. The molecule has 1 aliphatic heterocycles. The third-order valence-corrected chi connectivity index (χ3v) is 3.85. The zero-order valence-electron chi connectivity index (χ0n) is 12.0. The van der Waals surface area contributed by atoms with Crippen molar-refractivity contribution in [2.45, 2.75) is 57.5 Å². The Morgan fingerprint density at radius 3 is 2.68 bits per heavy atom. The van der Waals surface area contributed by atoms with Crippen LogP contribution >= 0.6 is 24.0 Å². The minimum atomic E-state index is 0. The van der Waals surface area contributed by atoms with E-state index in [2.05, 4.69) is 22.5 Å². The van der Waals surface area contributed by atoms with Crippen LogP contribution in [0.2, 0.25) is 0 Å². The van der Waals surface area contributed by atoms with Gasteiger partial charge in [-0.25, -0.2) is 0 Å². The number of nitrogens with one attached hydrogen (secondary N) is 2. The molecule has 1 saturated carbocycles. The van der Waals surface area contributed by atoms with Crippen molar-refractivity contribution in [1.82, 2.24) is 10.6 Å². The fourth-order valence-electron chi connectivity index (χ4n) is 2.78. The first-order valence-corrected chi connectivity index (χ1v) is 7.51. The van der Waals surface area contributed by atoms with Crippen LogP contribution in [0.5, 0.6) is 0 Å². The molecule has 5 heteroatoms. The molecule has 1 heterocycles. The highest BCUT2D eigenvalue weighted by Crippen LogP contribution is 2.31. The smallest absolute Gasteiger partial charge is 0.191 e. The molecule has 0 saturated heterocycles. The van der Waals surface area contributed by atoms with Gasteiger partial charge in [-0.05, 0) is 25.7 Å². The molecule has 0 spiro atoms. The quantitative estimate of drug-likeness (QED) is 0.720. The fourth-order valence-corrected chi connectivity index (χ4v) is 2.78. The van der Waals surface area contributed by atoms with Gasteiger partial charge in [0.1, 0.15) is 0 Å². The highest BCUT2D eigenvalue weighted by atomic mass is 127. The molecule has 2 rings (SSSR count). The molecule has 0 radical (unpaired) electrons. The van der Waals surface area contributed by atoms with Crippen molar-refractivity contribution in [2.75, 3.05) is 26.2 Å². The number of guanidine groups is 1. The van der Waals surface area contributed by atoms with Gasteiger partial charge in [0.05, 0.1) is 5.60 Å². The van der Waals surface area contributed by atoms with Crippen molar-refractivity contribution in [3.63, 3.8) is 0 Å². The van der Waals surface area contributed by atoms with Crippen LogP contribution in [0.3, 0.4) is 0 Å². The minimum Gasteiger partial charge on any atom is -0.373 e. The van der Waals surface area contributed by atoms with Gasteiger partial charge >= 0.3 is 0 Å². The van der Waals surface area contributed by atoms with Crippen molar-refractivity contribution < 1.29 is 4.74 Å². The number of hydrogen-bond donors (Lipinski definition) is 2. The van der Waals surface area contributed by atoms with Gasteiger partial charge < -0.3 is 15.4 Å². The van der Waals surface area contributed by atoms with E-state index in [-0.39, 0.29) is 29.6 Å². The van der Waals surface area contributed by atoms with Crippen molar-refractivity contribution in [3.8, 4) is 0 Å². The number of hydrogen-bond acceptors (Lipinski definition) is 4. The number of ether oxygens (including phenoxy) is 1. The van der Waals surface area contributed by atoms with Gasteiger partial charge in [-0.2, -0.15) is 0 Å². The van der Waals surface area contributed by atoms with Crippen LogP contribution in [-0.4, -0.2) is 37.8 Å². The van der Waals surface area contributed by atoms with Gasteiger partial charge in [0.2, 0.25) is 0 Å². The molecular weight excluding hydrogens is 353 g/mol. The first-order chi connectivity index (χ1) is 8.85. The Morgan fingerprint density at radius 1 is 1.26 bits per heavy atom. The number of nitrogens with zero attached hydrogens (tertiary/aromatic N) is 1. The van der Waals surface area contributed by atoms with E-state index in [0.29, 0.717) is 0 Å². The fraction of sp³-hybridized carbons (Fsp3) is 0.929. The predicted octanol–water partition coefficient (Wildman–Crippen LogP) is 2.67. The molecule has 0 atom stereocenters. The van der Waals surface area contributed by atoms with Gasteiger partial charge in [0, 0.05) is 26.2 Å². The molecule has 0 aromatic carbocycles. The maximum absolute atomic E-state index is 6.17. The summed E-state index contributed by atoms with van der Waals surface area (Å²) < 4.78 is 6.17. The van der Waals surface area contributed by atoms with Crippen LogP contribution in [0.4, 0.5) is 0 Å². The monoisotopic (exact) mass is 381 g/mol. The standard InChI is InChI=1S/C14H27N3O.HI/c1-2-11-18-14(7-4-3-5-8-14)12-17-13-15-9-6-10-16-13;/h2-12H2,1H3,(H2,15,16,17);1H. The summed E-state index contributed by atoms with van der Waals surface area (Å²) in [6, 6.07) is 0. The predicted molar refractivity (Wildman–Crippen MR) is 90.4 cm³/mol. The second-order valence-electron chi connectivity index (χ2n) is 5.46. The molecule has 4 nitrogen and oxygen atoms in total. The molecule has 2 N–H and O–H groups in total. The maximum Gasteiger partial charge on any atom is 0.191 e. The molecule has 2 aliphatic rings.